The molecule has 3 rings (SSSR count). The predicted molar refractivity (Wildman–Crippen MR) is 67.8 cm³/mol. The number of aryl methyl sites for hydroxylation is 1. The number of rotatable bonds is 2. The zero-order chi connectivity index (χ0) is 11.8. The van der Waals surface area contributed by atoms with Crippen LogP contribution in [0.3, 0.4) is 0 Å². The van der Waals surface area contributed by atoms with Crippen LogP contribution in [-0.4, -0.2) is 14.7 Å². The molecule has 0 N–H and O–H groups in total. The van der Waals surface area contributed by atoms with Gasteiger partial charge in [0.2, 0.25) is 5.89 Å². The van der Waals surface area contributed by atoms with Crippen molar-refractivity contribution in [3.05, 3.63) is 46.7 Å². The molecule has 17 heavy (non-hydrogen) atoms. The number of fused-ring (bicyclic) bond motifs is 1. The summed E-state index contributed by atoms with van der Waals surface area (Å²) in [7, 11) is 0. The second-order valence-corrected chi connectivity index (χ2v) is 4.71. The average molecular weight is 292 g/mol. The van der Waals surface area contributed by atoms with Crippen LogP contribution in [0.4, 0.5) is 0 Å². The normalized spacial score (nSPS) is 11.2. The van der Waals surface area contributed by atoms with Crippen molar-refractivity contribution in [3.63, 3.8) is 0 Å². The molecule has 86 valence electrons. The molecule has 0 spiro atoms. The fraction of sp³-hybridized carbons (Fsp3) is 0.167. The molecule has 0 aliphatic carbocycles. The molecule has 0 aliphatic rings. The molecule has 0 saturated carbocycles. The van der Waals surface area contributed by atoms with E-state index in [0.29, 0.717) is 18.3 Å². The first-order valence-electron chi connectivity index (χ1n) is 5.26. The first kappa shape index (κ1) is 10.5. The van der Waals surface area contributed by atoms with Crippen LogP contribution < -0.4 is 0 Å². The van der Waals surface area contributed by atoms with Gasteiger partial charge in [0.15, 0.2) is 5.82 Å². The molecule has 1 aromatic carbocycles. The van der Waals surface area contributed by atoms with E-state index in [4.69, 9.17) is 4.52 Å². The third kappa shape index (κ3) is 1.86. The fourth-order valence-electron chi connectivity index (χ4n) is 1.87. The van der Waals surface area contributed by atoms with E-state index >= 15 is 0 Å². The van der Waals surface area contributed by atoms with E-state index < -0.39 is 0 Å². The summed E-state index contributed by atoms with van der Waals surface area (Å²) in [4.78, 5) is 4.20. The second-order valence-electron chi connectivity index (χ2n) is 3.85. The van der Waals surface area contributed by atoms with Gasteiger partial charge in [-0.3, -0.25) is 0 Å². The van der Waals surface area contributed by atoms with Gasteiger partial charge in [0.25, 0.3) is 0 Å². The SMILES string of the molecule is Cc1noc(Cn2ccc3c(Br)cccc32)n1. The van der Waals surface area contributed by atoms with Gasteiger partial charge in [-0.2, -0.15) is 4.98 Å². The molecule has 0 radical (unpaired) electrons. The van der Waals surface area contributed by atoms with E-state index in [1.54, 1.807) is 0 Å². The summed E-state index contributed by atoms with van der Waals surface area (Å²) in [5.41, 5.74) is 1.15. The standard InChI is InChI=1S/C12H10BrN3O/c1-8-14-12(17-15-8)7-16-6-5-9-10(13)3-2-4-11(9)16/h2-6H,7H2,1H3. The lowest BCUT2D eigenvalue weighted by Crippen LogP contribution is -1.97. The van der Waals surface area contributed by atoms with Gasteiger partial charge in [0.05, 0.1) is 0 Å². The van der Waals surface area contributed by atoms with Crippen LogP contribution in [0.5, 0.6) is 0 Å². The first-order chi connectivity index (χ1) is 8.24. The Kier molecular flexibility index (Phi) is 2.48. The Morgan fingerprint density at radius 2 is 2.24 bits per heavy atom. The zero-order valence-electron chi connectivity index (χ0n) is 9.22. The van der Waals surface area contributed by atoms with E-state index in [1.807, 2.05) is 25.3 Å². The van der Waals surface area contributed by atoms with Crippen molar-refractivity contribution in [1.82, 2.24) is 14.7 Å². The van der Waals surface area contributed by atoms with Crippen LogP contribution in [0.2, 0.25) is 0 Å². The molecule has 3 aromatic rings. The lowest BCUT2D eigenvalue weighted by molar-refractivity contribution is 0.369. The molecular weight excluding hydrogens is 282 g/mol. The Morgan fingerprint density at radius 1 is 1.35 bits per heavy atom. The second kappa shape index (κ2) is 4.00. The van der Waals surface area contributed by atoms with Gasteiger partial charge in [-0.1, -0.05) is 27.2 Å². The Bertz CT molecular complexity index is 671. The average Bonchev–Trinajstić information content (AvgIpc) is 2.88. The maximum absolute atomic E-state index is 5.12. The highest BCUT2D eigenvalue weighted by Crippen LogP contribution is 2.25. The number of benzene rings is 1. The summed E-state index contributed by atoms with van der Waals surface area (Å²) < 4.78 is 8.31. The predicted octanol–water partition coefficient (Wildman–Crippen LogP) is 3.14. The van der Waals surface area contributed by atoms with E-state index in [1.165, 1.54) is 5.39 Å². The molecule has 0 atom stereocenters. The van der Waals surface area contributed by atoms with Crippen molar-refractivity contribution in [2.45, 2.75) is 13.5 Å². The molecule has 0 fully saturated rings. The highest BCUT2D eigenvalue weighted by molar-refractivity contribution is 9.10. The van der Waals surface area contributed by atoms with E-state index in [2.05, 4.69) is 42.8 Å². The molecule has 0 bridgehead atoms. The number of halogens is 1. The minimum absolute atomic E-state index is 0.598. The Hall–Kier alpha value is -1.62. The van der Waals surface area contributed by atoms with Crippen molar-refractivity contribution in [2.75, 3.05) is 0 Å². The zero-order valence-corrected chi connectivity index (χ0v) is 10.8. The Labute approximate surface area is 106 Å². The van der Waals surface area contributed by atoms with E-state index in [-0.39, 0.29) is 0 Å². The summed E-state index contributed by atoms with van der Waals surface area (Å²) >= 11 is 3.53. The molecule has 4 nitrogen and oxygen atoms in total. The molecule has 0 aliphatic heterocycles. The van der Waals surface area contributed by atoms with Crippen LogP contribution in [0, 0.1) is 6.92 Å². The minimum atomic E-state index is 0.598. The summed E-state index contributed by atoms with van der Waals surface area (Å²) in [6.07, 6.45) is 2.02. The van der Waals surface area contributed by atoms with Crippen LogP contribution in [0.15, 0.2) is 39.5 Å². The van der Waals surface area contributed by atoms with Crippen LogP contribution in [0.1, 0.15) is 11.7 Å². The van der Waals surface area contributed by atoms with Gasteiger partial charge in [-0.05, 0) is 25.1 Å². The van der Waals surface area contributed by atoms with Gasteiger partial charge in [0, 0.05) is 21.6 Å². The molecule has 0 unspecified atom stereocenters. The smallest absolute Gasteiger partial charge is 0.246 e. The van der Waals surface area contributed by atoms with Gasteiger partial charge >= 0.3 is 0 Å². The topological polar surface area (TPSA) is 43.9 Å². The van der Waals surface area contributed by atoms with E-state index in [9.17, 15) is 0 Å². The largest absolute Gasteiger partial charge is 0.338 e. The van der Waals surface area contributed by atoms with E-state index in [0.717, 1.165) is 9.99 Å². The van der Waals surface area contributed by atoms with Crippen molar-refractivity contribution in [2.24, 2.45) is 0 Å². The van der Waals surface area contributed by atoms with Crippen molar-refractivity contribution >= 4 is 26.8 Å². The molecule has 0 saturated heterocycles. The molecule has 2 aromatic heterocycles. The highest BCUT2D eigenvalue weighted by Gasteiger charge is 2.07. The summed E-state index contributed by atoms with van der Waals surface area (Å²) in [6.45, 7) is 2.41. The number of nitrogens with zero attached hydrogens (tertiary/aromatic N) is 3. The van der Waals surface area contributed by atoms with Crippen LogP contribution >= 0.6 is 15.9 Å². The number of hydrogen-bond donors (Lipinski definition) is 0. The third-order valence-electron chi connectivity index (χ3n) is 2.64. The van der Waals surface area contributed by atoms with Crippen molar-refractivity contribution in [1.29, 1.82) is 0 Å². The summed E-state index contributed by atoms with van der Waals surface area (Å²) in [5, 5.41) is 4.97. The van der Waals surface area contributed by atoms with Gasteiger partial charge in [0.1, 0.15) is 6.54 Å². The number of hydrogen-bond acceptors (Lipinski definition) is 3. The quantitative estimate of drug-likeness (QED) is 0.728. The maximum atomic E-state index is 5.12. The molecule has 0 amide bonds. The summed E-state index contributed by atoms with van der Waals surface area (Å²) in [5.74, 6) is 1.29. The Balaban J connectivity index is 2.04. The monoisotopic (exact) mass is 291 g/mol. The molecule has 5 heteroatoms. The van der Waals surface area contributed by atoms with Crippen molar-refractivity contribution < 1.29 is 4.52 Å². The summed E-state index contributed by atoms with van der Waals surface area (Å²) in [6, 6.07) is 8.19. The first-order valence-corrected chi connectivity index (χ1v) is 6.06. The molecular formula is C12H10BrN3O. The highest BCUT2D eigenvalue weighted by atomic mass is 79.9. The van der Waals surface area contributed by atoms with Crippen LogP contribution in [-0.2, 0) is 6.54 Å². The number of aromatic nitrogens is 3. The van der Waals surface area contributed by atoms with Crippen LogP contribution in [0.25, 0.3) is 10.9 Å². The molecule has 2 heterocycles. The van der Waals surface area contributed by atoms with Gasteiger partial charge < -0.3 is 9.09 Å². The Morgan fingerprint density at radius 3 is 3.00 bits per heavy atom. The lowest BCUT2D eigenvalue weighted by Gasteiger charge is -2.01. The van der Waals surface area contributed by atoms with Crippen molar-refractivity contribution in [3.8, 4) is 0 Å². The third-order valence-corrected chi connectivity index (χ3v) is 3.33. The maximum Gasteiger partial charge on any atom is 0.246 e. The lowest BCUT2D eigenvalue weighted by atomic mass is 10.2. The fourth-order valence-corrected chi connectivity index (χ4v) is 2.36. The minimum Gasteiger partial charge on any atom is -0.338 e. The van der Waals surface area contributed by atoms with Gasteiger partial charge in [-0.15, -0.1) is 0 Å². The van der Waals surface area contributed by atoms with Gasteiger partial charge in [-0.25, -0.2) is 0 Å².